The monoisotopic (exact) mass is 213 g/mol. The van der Waals surface area contributed by atoms with Gasteiger partial charge < -0.3 is 9.66 Å². The topological polar surface area (TPSA) is 69.6 Å². The minimum atomic E-state index is -2.70. The van der Waals surface area contributed by atoms with Crippen LogP contribution in [0.4, 0.5) is 0 Å². The molecule has 0 radical (unpaired) electrons. The van der Waals surface area contributed by atoms with Crippen LogP contribution >= 0.6 is 0 Å². The van der Waals surface area contributed by atoms with E-state index in [1.807, 2.05) is 30.3 Å². The van der Waals surface area contributed by atoms with Gasteiger partial charge in [-0.25, -0.2) is 4.21 Å². The fraction of sp³-hybridized carbons (Fsp3) is 0.111. The molecule has 1 N–H and O–H groups in total. The van der Waals surface area contributed by atoms with Crippen molar-refractivity contribution in [3.63, 3.8) is 0 Å². The molecule has 2 unspecified atom stereocenters. The highest BCUT2D eigenvalue weighted by molar-refractivity contribution is 7.74. The zero-order valence-electron chi connectivity index (χ0n) is 7.20. The molecule has 0 fully saturated rings. The largest absolute Gasteiger partial charge is 0.750 e. The Kier molecular flexibility index (Phi) is 4.48. The van der Waals surface area contributed by atoms with E-state index in [2.05, 4.69) is 4.18 Å². The molecule has 76 valence electrons. The summed E-state index contributed by atoms with van der Waals surface area (Å²) in [4.78, 5) is 0. The van der Waals surface area contributed by atoms with Crippen LogP contribution in [0.5, 0.6) is 0 Å². The molecule has 0 aliphatic rings. The van der Waals surface area contributed by atoms with E-state index in [0.29, 0.717) is 0 Å². The summed E-state index contributed by atoms with van der Waals surface area (Å²) in [6.45, 7) is 0. The van der Waals surface area contributed by atoms with Crippen LogP contribution < -0.4 is 0 Å². The smallest absolute Gasteiger partial charge is 0.189 e. The SMILES string of the molecule is O=S([O-])OC(O)C=Cc1ccccc1. The Morgan fingerprint density at radius 2 is 2.07 bits per heavy atom. The summed E-state index contributed by atoms with van der Waals surface area (Å²) in [6, 6.07) is 9.16. The molecule has 1 aromatic carbocycles. The maximum absolute atomic E-state index is 10.0. The van der Waals surface area contributed by atoms with E-state index in [9.17, 15) is 8.76 Å². The number of rotatable bonds is 4. The Hall–Kier alpha value is -1.01. The highest BCUT2D eigenvalue weighted by atomic mass is 32.2. The molecule has 14 heavy (non-hydrogen) atoms. The van der Waals surface area contributed by atoms with Crippen LogP contribution in [-0.4, -0.2) is 20.2 Å². The molecule has 1 aromatic rings. The van der Waals surface area contributed by atoms with Gasteiger partial charge in [0.25, 0.3) is 0 Å². The lowest BCUT2D eigenvalue weighted by Crippen LogP contribution is -2.09. The lowest BCUT2D eigenvalue weighted by Gasteiger charge is -2.08. The van der Waals surface area contributed by atoms with E-state index in [0.717, 1.165) is 5.56 Å². The van der Waals surface area contributed by atoms with Gasteiger partial charge in [0.2, 0.25) is 0 Å². The van der Waals surface area contributed by atoms with Crippen LogP contribution in [-0.2, 0) is 15.5 Å². The molecule has 0 aliphatic heterocycles. The number of hydrogen-bond donors (Lipinski definition) is 1. The maximum atomic E-state index is 10.0. The summed E-state index contributed by atoms with van der Waals surface area (Å²) in [6.07, 6.45) is 1.37. The third kappa shape index (κ3) is 4.29. The second-order valence-corrected chi connectivity index (χ2v) is 3.06. The van der Waals surface area contributed by atoms with E-state index in [4.69, 9.17) is 5.11 Å². The van der Waals surface area contributed by atoms with Gasteiger partial charge in [0, 0.05) is 0 Å². The van der Waals surface area contributed by atoms with Crippen LogP contribution in [0.1, 0.15) is 5.56 Å². The normalized spacial score (nSPS) is 15.6. The standard InChI is InChI=1S/C9H10O4S/c10-9(13-14(11)12)7-6-8-4-2-1-3-5-8/h1-7,9-10H,(H,11,12)/p-1. The second-order valence-electron chi connectivity index (χ2n) is 2.46. The van der Waals surface area contributed by atoms with Crippen molar-refractivity contribution in [1.29, 1.82) is 0 Å². The zero-order valence-corrected chi connectivity index (χ0v) is 8.02. The van der Waals surface area contributed by atoms with Crippen molar-refractivity contribution in [3.05, 3.63) is 42.0 Å². The van der Waals surface area contributed by atoms with Gasteiger partial charge in [-0.2, -0.15) is 0 Å². The van der Waals surface area contributed by atoms with Gasteiger partial charge in [0.05, 0.1) is 11.4 Å². The first-order valence-electron chi connectivity index (χ1n) is 3.86. The molecule has 0 bridgehead atoms. The average molecular weight is 213 g/mol. The molecular formula is C9H9O4S-. The molecule has 5 heteroatoms. The first kappa shape index (κ1) is 11.1. The average Bonchev–Trinajstić information content (AvgIpc) is 2.15. The quantitative estimate of drug-likeness (QED) is 0.594. The van der Waals surface area contributed by atoms with Crippen molar-refractivity contribution < 1.29 is 18.1 Å². The minimum absolute atomic E-state index is 0.854. The Labute approximate surface area is 84.3 Å². The molecule has 0 aromatic heterocycles. The summed E-state index contributed by atoms with van der Waals surface area (Å²) in [5.74, 6) is 0. The Balaban J connectivity index is 2.52. The van der Waals surface area contributed by atoms with Crippen LogP contribution in [0.15, 0.2) is 36.4 Å². The summed E-state index contributed by atoms with van der Waals surface area (Å²) in [5.41, 5.74) is 0.854. The molecule has 0 spiro atoms. The summed E-state index contributed by atoms with van der Waals surface area (Å²) >= 11 is -2.70. The molecule has 4 nitrogen and oxygen atoms in total. The predicted octanol–water partition coefficient (Wildman–Crippen LogP) is 0.829. The van der Waals surface area contributed by atoms with Gasteiger partial charge >= 0.3 is 0 Å². The van der Waals surface area contributed by atoms with E-state index >= 15 is 0 Å². The Bertz CT molecular complexity index is 323. The summed E-state index contributed by atoms with van der Waals surface area (Å²) in [7, 11) is 0. The van der Waals surface area contributed by atoms with Gasteiger partial charge in [0.1, 0.15) is 0 Å². The van der Waals surface area contributed by atoms with Crippen molar-refractivity contribution in [2.24, 2.45) is 0 Å². The lowest BCUT2D eigenvalue weighted by atomic mass is 10.2. The van der Waals surface area contributed by atoms with Crippen molar-refractivity contribution >= 4 is 17.4 Å². The summed E-state index contributed by atoms with van der Waals surface area (Å²) < 4.78 is 24.1. The number of hydrogen-bond acceptors (Lipinski definition) is 4. The van der Waals surface area contributed by atoms with Crippen molar-refractivity contribution in [2.75, 3.05) is 0 Å². The fourth-order valence-corrected chi connectivity index (χ4v) is 1.10. The van der Waals surface area contributed by atoms with Gasteiger partial charge in [0.15, 0.2) is 6.29 Å². The minimum Gasteiger partial charge on any atom is -0.750 e. The van der Waals surface area contributed by atoms with Gasteiger partial charge in [-0.3, -0.25) is 4.18 Å². The van der Waals surface area contributed by atoms with Crippen LogP contribution in [0.25, 0.3) is 6.08 Å². The van der Waals surface area contributed by atoms with E-state index in [1.54, 1.807) is 6.08 Å². The van der Waals surface area contributed by atoms with Crippen LogP contribution in [0.2, 0.25) is 0 Å². The lowest BCUT2D eigenvalue weighted by molar-refractivity contribution is 0.0290. The molecule has 0 heterocycles. The Morgan fingerprint density at radius 3 is 2.64 bits per heavy atom. The van der Waals surface area contributed by atoms with Crippen molar-refractivity contribution in [3.8, 4) is 0 Å². The fourth-order valence-electron chi connectivity index (χ4n) is 0.870. The highest BCUT2D eigenvalue weighted by Gasteiger charge is 1.97. The highest BCUT2D eigenvalue weighted by Crippen LogP contribution is 2.02. The third-order valence-electron chi connectivity index (χ3n) is 1.43. The van der Waals surface area contributed by atoms with E-state index < -0.39 is 17.7 Å². The van der Waals surface area contributed by atoms with Crippen molar-refractivity contribution in [1.82, 2.24) is 0 Å². The van der Waals surface area contributed by atoms with Gasteiger partial charge in [-0.1, -0.05) is 36.4 Å². The van der Waals surface area contributed by atoms with Gasteiger partial charge in [-0.05, 0) is 11.6 Å². The molecule has 0 amide bonds. The number of aliphatic hydroxyl groups excluding tert-OH is 1. The van der Waals surface area contributed by atoms with Crippen LogP contribution in [0.3, 0.4) is 0 Å². The maximum Gasteiger partial charge on any atom is 0.189 e. The zero-order chi connectivity index (χ0) is 10.4. The first-order valence-corrected chi connectivity index (χ1v) is 4.86. The molecule has 0 saturated carbocycles. The molecule has 1 rings (SSSR count). The molecule has 0 aliphatic carbocycles. The molecule has 2 atom stereocenters. The van der Waals surface area contributed by atoms with Crippen LogP contribution in [0, 0.1) is 0 Å². The first-order chi connectivity index (χ1) is 6.68. The molecular weight excluding hydrogens is 204 g/mol. The number of aliphatic hydroxyl groups is 1. The number of benzene rings is 1. The van der Waals surface area contributed by atoms with Crippen molar-refractivity contribution in [2.45, 2.75) is 6.29 Å². The summed E-state index contributed by atoms with van der Waals surface area (Å²) in [5, 5.41) is 8.98. The third-order valence-corrected chi connectivity index (χ3v) is 1.78. The van der Waals surface area contributed by atoms with E-state index in [-0.39, 0.29) is 0 Å². The predicted molar refractivity (Wildman–Crippen MR) is 51.5 cm³/mol. The molecule has 0 saturated heterocycles. The Morgan fingerprint density at radius 1 is 1.43 bits per heavy atom. The van der Waals surface area contributed by atoms with E-state index in [1.165, 1.54) is 6.08 Å². The second kappa shape index (κ2) is 5.66. The van der Waals surface area contributed by atoms with Gasteiger partial charge in [-0.15, -0.1) is 0 Å².